The first kappa shape index (κ1) is 21.8. The van der Waals surface area contributed by atoms with Gasteiger partial charge in [-0.2, -0.15) is 4.31 Å². The Kier molecular flexibility index (Phi) is 6.33. The lowest BCUT2D eigenvalue weighted by molar-refractivity contribution is 0.102. The third-order valence-corrected chi connectivity index (χ3v) is 7.99. The van der Waals surface area contributed by atoms with Gasteiger partial charge in [0.25, 0.3) is 5.91 Å². The van der Waals surface area contributed by atoms with Crippen molar-refractivity contribution >= 4 is 44.0 Å². The zero-order valence-electron chi connectivity index (χ0n) is 16.2. The molecule has 1 amide bonds. The number of carbonyl (C=O) groups excluding carboxylic acids is 1. The van der Waals surface area contributed by atoms with Gasteiger partial charge < -0.3 is 0 Å². The van der Waals surface area contributed by atoms with Crippen LogP contribution in [-0.2, 0) is 10.0 Å². The largest absolute Gasteiger partial charge is 0.296 e. The van der Waals surface area contributed by atoms with E-state index in [1.807, 2.05) is 6.07 Å². The summed E-state index contributed by atoms with van der Waals surface area (Å²) in [5, 5.41) is 11.8. The Morgan fingerprint density at radius 3 is 2.58 bits per heavy atom. The Morgan fingerprint density at radius 2 is 1.84 bits per heavy atom. The van der Waals surface area contributed by atoms with E-state index in [4.69, 9.17) is 11.6 Å². The number of aromatic nitrogens is 2. The predicted octanol–water partition coefficient (Wildman–Crippen LogP) is 4.42. The van der Waals surface area contributed by atoms with Crippen molar-refractivity contribution in [2.45, 2.75) is 24.2 Å². The van der Waals surface area contributed by atoms with Gasteiger partial charge in [-0.25, -0.2) is 12.8 Å². The highest BCUT2D eigenvalue weighted by molar-refractivity contribution is 7.89. The second-order valence-electron chi connectivity index (χ2n) is 6.96. The first-order valence-electron chi connectivity index (χ1n) is 9.56. The highest BCUT2D eigenvalue weighted by atomic mass is 35.5. The molecule has 0 spiro atoms. The second-order valence-corrected chi connectivity index (χ2v) is 10.2. The summed E-state index contributed by atoms with van der Waals surface area (Å²) >= 11 is 7.28. The van der Waals surface area contributed by atoms with E-state index in [9.17, 15) is 17.6 Å². The molecule has 0 saturated carbocycles. The number of nitrogens with one attached hydrogen (secondary N) is 1. The van der Waals surface area contributed by atoms with Crippen molar-refractivity contribution in [3.63, 3.8) is 0 Å². The molecular formula is C20H18ClFN4O3S2. The van der Waals surface area contributed by atoms with Gasteiger partial charge in [0.2, 0.25) is 15.2 Å². The van der Waals surface area contributed by atoms with Gasteiger partial charge >= 0.3 is 0 Å². The molecule has 4 rings (SSSR count). The Labute approximate surface area is 187 Å². The fourth-order valence-corrected chi connectivity index (χ4v) is 5.94. The standard InChI is InChI=1S/C20H18ClFN4O3S2/c21-15-7-3-2-6-14(15)19-24-25-20(30-19)23-18(27)13-8-9-16(22)17(12-13)31(28,29)26-10-4-1-5-11-26/h2-3,6-9,12H,1,4-5,10-11H2,(H,23,25,27). The molecule has 0 radical (unpaired) electrons. The van der Waals surface area contributed by atoms with Crippen molar-refractivity contribution in [3.8, 4) is 10.6 Å². The van der Waals surface area contributed by atoms with Crippen LogP contribution in [0.2, 0.25) is 5.02 Å². The fraction of sp³-hybridized carbons (Fsp3) is 0.250. The molecule has 2 heterocycles. The minimum absolute atomic E-state index is 0.00600. The summed E-state index contributed by atoms with van der Waals surface area (Å²) in [5.41, 5.74) is 0.685. The van der Waals surface area contributed by atoms with Crippen LogP contribution in [0.25, 0.3) is 10.6 Å². The highest BCUT2D eigenvalue weighted by Crippen LogP contribution is 2.32. The smallest absolute Gasteiger partial charge is 0.257 e. The lowest BCUT2D eigenvalue weighted by Gasteiger charge is -2.26. The Hall–Kier alpha value is -2.40. The molecule has 1 N–H and O–H groups in total. The maximum absolute atomic E-state index is 14.4. The molecule has 11 heteroatoms. The number of carbonyl (C=O) groups is 1. The quantitative estimate of drug-likeness (QED) is 0.583. The van der Waals surface area contributed by atoms with E-state index in [1.54, 1.807) is 18.2 Å². The zero-order chi connectivity index (χ0) is 22.0. The summed E-state index contributed by atoms with van der Waals surface area (Å²) in [7, 11) is -4.02. The van der Waals surface area contributed by atoms with Gasteiger partial charge in [0.1, 0.15) is 10.7 Å². The number of nitrogens with zero attached hydrogens (tertiary/aromatic N) is 3. The van der Waals surface area contributed by atoms with Crippen LogP contribution >= 0.6 is 22.9 Å². The topological polar surface area (TPSA) is 92.3 Å². The first-order valence-corrected chi connectivity index (χ1v) is 12.2. The van der Waals surface area contributed by atoms with Crippen LogP contribution in [0.4, 0.5) is 9.52 Å². The summed E-state index contributed by atoms with van der Waals surface area (Å²) in [6.45, 7) is 0.682. The van der Waals surface area contributed by atoms with E-state index in [-0.39, 0.29) is 10.7 Å². The molecule has 2 aromatic carbocycles. The molecule has 1 aliphatic rings. The number of halogens is 2. The third-order valence-electron chi connectivity index (χ3n) is 4.88. The SMILES string of the molecule is O=C(Nc1nnc(-c2ccccc2Cl)s1)c1ccc(F)c(S(=O)(=O)N2CCCCC2)c1. The minimum atomic E-state index is -4.02. The van der Waals surface area contributed by atoms with Crippen molar-refractivity contribution < 1.29 is 17.6 Å². The van der Waals surface area contributed by atoms with Crippen LogP contribution in [0.15, 0.2) is 47.4 Å². The summed E-state index contributed by atoms with van der Waals surface area (Å²) in [6, 6.07) is 10.4. The molecule has 1 fully saturated rings. The molecule has 3 aromatic rings. The molecule has 0 atom stereocenters. The number of piperidine rings is 1. The van der Waals surface area contributed by atoms with Crippen molar-refractivity contribution in [2.75, 3.05) is 18.4 Å². The van der Waals surface area contributed by atoms with Gasteiger partial charge in [0.15, 0.2) is 5.01 Å². The normalized spacial score (nSPS) is 15.0. The number of hydrogen-bond donors (Lipinski definition) is 1. The zero-order valence-corrected chi connectivity index (χ0v) is 18.6. The molecule has 0 unspecified atom stereocenters. The Morgan fingerprint density at radius 1 is 1.10 bits per heavy atom. The van der Waals surface area contributed by atoms with E-state index in [1.165, 1.54) is 10.4 Å². The number of hydrogen-bond acceptors (Lipinski definition) is 6. The number of rotatable bonds is 5. The fourth-order valence-electron chi connectivity index (χ4n) is 3.27. The van der Waals surface area contributed by atoms with Crippen molar-refractivity contribution in [1.29, 1.82) is 0 Å². The van der Waals surface area contributed by atoms with Crippen LogP contribution in [0.5, 0.6) is 0 Å². The first-order chi connectivity index (χ1) is 14.9. The number of sulfonamides is 1. The van der Waals surface area contributed by atoms with E-state index in [2.05, 4.69) is 15.5 Å². The number of amides is 1. The van der Waals surface area contributed by atoms with E-state index >= 15 is 0 Å². The number of benzene rings is 2. The van der Waals surface area contributed by atoms with Crippen LogP contribution in [0.3, 0.4) is 0 Å². The number of anilines is 1. The average Bonchev–Trinajstić information content (AvgIpc) is 3.23. The molecule has 7 nitrogen and oxygen atoms in total. The summed E-state index contributed by atoms with van der Waals surface area (Å²) in [5.74, 6) is -1.50. The molecule has 31 heavy (non-hydrogen) atoms. The lowest BCUT2D eigenvalue weighted by atomic mass is 10.2. The van der Waals surface area contributed by atoms with Gasteiger partial charge in [0, 0.05) is 24.2 Å². The minimum Gasteiger partial charge on any atom is -0.296 e. The Balaban J connectivity index is 1.56. The molecular weight excluding hydrogens is 463 g/mol. The molecule has 1 aliphatic heterocycles. The summed E-state index contributed by atoms with van der Waals surface area (Å²) in [6.07, 6.45) is 2.40. The molecule has 0 aliphatic carbocycles. The van der Waals surface area contributed by atoms with Crippen molar-refractivity contribution in [1.82, 2.24) is 14.5 Å². The molecule has 1 aromatic heterocycles. The van der Waals surface area contributed by atoms with Gasteiger partial charge in [0.05, 0.1) is 5.02 Å². The maximum atomic E-state index is 14.4. The van der Waals surface area contributed by atoms with Crippen LogP contribution in [0, 0.1) is 5.82 Å². The Bertz CT molecular complexity index is 1230. The molecule has 0 bridgehead atoms. The highest BCUT2D eigenvalue weighted by Gasteiger charge is 2.29. The van der Waals surface area contributed by atoms with Crippen LogP contribution in [0.1, 0.15) is 29.6 Å². The van der Waals surface area contributed by atoms with Crippen LogP contribution in [-0.4, -0.2) is 41.9 Å². The average molecular weight is 481 g/mol. The van der Waals surface area contributed by atoms with E-state index in [0.717, 1.165) is 42.7 Å². The second kappa shape index (κ2) is 8.99. The maximum Gasteiger partial charge on any atom is 0.257 e. The summed E-state index contributed by atoms with van der Waals surface area (Å²) < 4.78 is 41.3. The monoisotopic (exact) mass is 480 g/mol. The van der Waals surface area contributed by atoms with Crippen molar-refractivity contribution in [3.05, 3.63) is 58.9 Å². The van der Waals surface area contributed by atoms with E-state index < -0.39 is 26.6 Å². The van der Waals surface area contributed by atoms with Gasteiger partial charge in [-0.15, -0.1) is 10.2 Å². The summed E-state index contributed by atoms with van der Waals surface area (Å²) in [4.78, 5) is 12.2. The van der Waals surface area contributed by atoms with E-state index in [0.29, 0.717) is 28.7 Å². The lowest BCUT2D eigenvalue weighted by Crippen LogP contribution is -2.36. The third kappa shape index (κ3) is 4.62. The van der Waals surface area contributed by atoms with Gasteiger partial charge in [-0.3, -0.25) is 10.1 Å². The predicted molar refractivity (Wildman–Crippen MR) is 117 cm³/mol. The van der Waals surface area contributed by atoms with Crippen LogP contribution < -0.4 is 5.32 Å². The van der Waals surface area contributed by atoms with Gasteiger partial charge in [-0.05, 0) is 37.1 Å². The van der Waals surface area contributed by atoms with Crippen molar-refractivity contribution in [2.24, 2.45) is 0 Å². The van der Waals surface area contributed by atoms with Gasteiger partial charge in [-0.1, -0.05) is 47.6 Å². The molecule has 1 saturated heterocycles. The molecule has 162 valence electrons.